The Balaban J connectivity index is 1.53. The smallest absolute Gasteiger partial charge is 0.267 e. The number of carbonyl (C=O) groups excluding carboxylic acids is 1. The first-order valence-electron chi connectivity index (χ1n) is 7.49. The third kappa shape index (κ3) is 3.81. The number of ether oxygens (including phenoxy) is 2. The normalized spacial score (nSPS) is 10.6. The summed E-state index contributed by atoms with van der Waals surface area (Å²) in [7, 11) is 1.60. The lowest BCUT2D eigenvalue weighted by molar-refractivity contribution is 0.0943. The molecule has 1 heterocycles. The second-order valence-electron chi connectivity index (χ2n) is 5.20. The summed E-state index contributed by atoms with van der Waals surface area (Å²) in [5.74, 6) is 1.24. The van der Waals surface area contributed by atoms with Crippen LogP contribution in [0.4, 0.5) is 0 Å². The minimum absolute atomic E-state index is 0.184. The van der Waals surface area contributed by atoms with Crippen LogP contribution in [0.2, 0.25) is 5.02 Å². The van der Waals surface area contributed by atoms with Gasteiger partial charge in [0.05, 0.1) is 13.7 Å². The predicted octanol–water partition coefficient (Wildman–Crippen LogP) is 3.64. The quantitative estimate of drug-likeness (QED) is 0.671. The number of nitrogens with one attached hydrogen (secondary N) is 2. The van der Waals surface area contributed by atoms with E-state index in [1.807, 2.05) is 30.3 Å². The lowest BCUT2D eigenvalue weighted by Crippen LogP contribution is -2.28. The van der Waals surface area contributed by atoms with Gasteiger partial charge in [-0.3, -0.25) is 4.79 Å². The first kappa shape index (κ1) is 16.2. The monoisotopic (exact) mass is 344 g/mol. The summed E-state index contributed by atoms with van der Waals surface area (Å²) in [5.41, 5.74) is 1.37. The Bertz CT molecular complexity index is 860. The second-order valence-corrected chi connectivity index (χ2v) is 5.63. The van der Waals surface area contributed by atoms with E-state index < -0.39 is 0 Å². The van der Waals surface area contributed by atoms with Crippen molar-refractivity contribution >= 4 is 28.4 Å². The zero-order chi connectivity index (χ0) is 16.9. The number of carbonyl (C=O) groups is 1. The van der Waals surface area contributed by atoms with E-state index in [-0.39, 0.29) is 5.91 Å². The molecule has 124 valence electrons. The van der Waals surface area contributed by atoms with Crippen LogP contribution in [0.1, 0.15) is 10.5 Å². The van der Waals surface area contributed by atoms with Gasteiger partial charge in [0, 0.05) is 22.0 Å². The Hall–Kier alpha value is -2.66. The number of H-pyrrole nitrogens is 1. The molecule has 0 saturated heterocycles. The molecule has 0 aliphatic carbocycles. The summed E-state index contributed by atoms with van der Waals surface area (Å²) >= 11 is 5.95. The topological polar surface area (TPSA) is 63.4 Å². The SMILES string of the molecule is COc1cccc(OCCNC(=O)c2cc3cc(Cl)ccc3[nH]2)c1. The van der Waals surface area contributed by atoms with E-state index in [0.717, 1.165) is 16.7 Å². The molecule has 5 nitrogen and oxygen atoms in total. The Morgan fingerprint density at radius 1 is 1.17 bits per heavy atom. The van der Waals surface area contributed by atoms with Crippen LogP contribution >= 0.6 is 11.6 Å². The van der Waals surface area contributed by atoms with Crippen molar-refractivity contribution in [3.63, 3.8) is 0 Å². The molecule has 2 aromatic carbocycles. The third-order valence-corrected chi connectivity index (χ3v) is 3.76. The minimum atomic E-state index is -0.184. The fourth-order valence-electron chi connectivity index (χ4n) is 2.35. The van der Waals surface area contributed by atoms with E-state index in [1.165, 1.54) is 0 Å². The molecule has 0 aliphatic heterocycles. The molecule has 0 unspecified atom stereocenters. The molecule has 3 rings (SSSR count). The van der Waals surface area contributed by atoms with Gasteiger partial charge in [0.1, 0.15) is 23.8 Å². The zero-order valence-electron chi connectivity index (χ0n) is 13.1. The number of methoxy groups -OCH3 is 1. The summed E-state index contributed by atoms with van der Waals surface area (Å²) in [5, 5.41) is 4.36. The number of halogens is 1. The molecular weight excluding hydrogens is 328 g/mol. The molecule has 2 N–H and O–H groups in total. The number of fused-ring (bicyclic) bond motifs is 1. The van der Waals surface area contributed by atoms with Crippen LogP contribution in [0.5, 0.6) is 11.5 Å². The maximum absolute atomic E-state index is 12.2. The molecule has 24 heavy (non-hydrogen) atoms. The van der Waals surface area contributed by atoms with E-state index >= 15 is 0 Å². The number of aromatic amines is 1. The van der Waals surface area contributed by atoms with Crippen molar-refractivity contribution in [2.75, 3.05) is 20.3 Å². The molecule has 0 spiro atoms. The highest BCUT2D eigenvalue weighted by Crippen LogP contribution is 2.20. The van der Waals surface area contributed by atoms with Gasteiger partial charge >= 0.3 is 0 Å². The van der Waals surface area contributed by atoms with Crippen molar-refractivity contribution in [2.24, 2.45) is 0 Å². The highest BCUT2D eigenvalue weighted by molar-refractivity contribution is 6.31. The van der Waals surface area contributed by atoms with Crippen molar-refractivity contribution in [1.29, 1.82) is 0 Å². The largest absolute Gasteiger partial charge is 0.497 e. The summed E-state index contributed by atoms with van der Waals surface area (Å²) in [6.07, 6.45) is 0. The summed E-state index contributed by atoms with van der Waals surface area (Å²) in [4.78, 5) is 15.2. The maximum Gasteiger partial charge on any atom is 0.267 e. The van der Waals surface area contributed by atoms with Crippen molar-refractivity contribution in [3.8, 4) is 11.5 Å². The van der Waals surface area contributed by atoms with E-state index in [9.17, 15) is 4.79 Å². The van der Waals surface area contributed by atoms with Gasteiger partial charge in [0.25, 0.3) is 5.91 Å². The fraction of sp³-hybridized carbons (Fsp3) is 0.167. The lowest BCUT2D eigenvalue weighted by Gasteiger charge is -2.08. The lowest BCUT2D eigenvalue weighted by atomic mass is 10.2. The highest BCUT2D eigenvalue weighted by atomic mass is 35.5. The molecular formula is C18H17ClN2O3. The Kier molecular flexibility index (Phi) is 4.91. The molecule has 3 aromatic rings. The standard InChI is InChI=1S/C18H17ClN2O3/c1-23-14-3-2-4-15(11-14)24-8-7-20-18(22)17-10-12-9-13(19)5-6-16(12)21-17/h2-6,9-11,21H,7-8H2,1H3,(H,20,22). The first-order chi connectivity index (χ1) is 11.7. The molecule has 0 atom stereocenters. The van der Waals surface area contributed by atoms with Crippen LogP contribution in [-0.4, -0.2) is 31.2 Å². The van der Waals surface area contributed by atoms with E-state index in [2.05, 4.69) is 10.3 Å². The van der Waals surface area contributed by atoms with Crippen LogP contribution in [0.3, 0.4) is 0 Å². The molecule has 0 fully saturated rings. The average Bonchev–Trinajstić information content (AvgIpc) is 3.02. The van der Waals surface area contributed by atoms with Gasteiger partial charge in [-0.15, -0.1) is 0 Å². The Morgan fingerprint density at radius 2 is 2.00 bits per heavy atom. The molecule has 0 saturated carbocycles. The Morgan fingerprint density at radius 3 is 2.83 bits per heavy atom. The molecule has 0 radical (unpaired) electrons. The Labute approximate surface area is 144 Å². The number of rotatable bonds is 6. The van der Waals surface area contributed by atoms with Crippen LogP contribution in [0.25, 0.3) is 10.9 Å². The van der Waals surface area contributed by atoms with Crippen LogP contribution in [-0.2, 0) is 0 Å². The number of hydrogen-bond acceptors (Lipinski definition) is 3. The van der Waals surface area contributed by atoms with Crippen molar-refractivity contribution < 1.29 is 14.3 Å². The van der Waals surface area contributed by atoms with Crippen molar-refractivity contribution in [3.05, 3.63) is 59.2 Å². The first-order valence-corrected chi connectivity index (χ1v) is 7.87. The third-order valence-electron chi connectivity index (χ3n) is 3.52. The molecule has 1 amide bonds. The van der Waals surface area contributed by atoms with Crippen LogP contribution in [0.15, 0.2) is 48.5 Å². The van der Waals surface area contributed by atoms with Gasteiger partial charge in [0.15, 0.2) is 0 Å². The second kappa shape index (κ2) is 7.27. The van der Waals surface area contributed by atoms with Gasteiger partial charge in [-0.2, -0.15) is 0 Å². The number of benzene rings is 2. The van der Waals surface area contributed by atoms with E-state index in [0.29, 0.717) is 29.6 Å². The number of aromatic nitrogens is 1. The van der Waals surface area contributed by atoms with Gasteiger partial charge in [-0.1, -0.05) is 17.7 Å². The van der Waals surface area contributed by atoms with Gasteiger partial charge in [0.2, 0.25) is 0 Å². The molecule has 6 heteroatoms. The molecule has 0 aliphatic rings. The van der Waals surface area contributed by atoms with Crippen molar-refractivity contribution in [2.45, 2.75) is 0 Å². The average molecular weight is 345 g/mol. The van der Waals surface area contributed by atoms with Gasteiger partial charge in [-0.25, -0.2) is 0 Å². The summed E-state index contributed by atoms with van der Waals surface area (Å²) in [6, 6.07) is 14.5. The number of hydrogen-bond donors (Lipinski definition) is 2. The summed E-state index contributed by atoms with van der Waals surface area (Å²) in [6.45, 7) is 0.761. The van der Waals surface area contributed by atoms with Gasteiger partial charge < -0.3 is 19.8 Å². The minimum Gasteiger partial charge on any atom is -0.497 e. The zero-order valence-corrected chi connectivity index (χ0v) is 13.9. The molecule has 1 aromatic heterocycles. The van der Waals surface area contributed by atoms with E-state index in [1.54, 1.807) is 25.3 Å². The molecule has 0 bridgehead atoms. The van der Waals surface area contributed by atoms with Crippen LogP contribution < -0.4 is 14.8 Å². The summed E-state index contributed by atoms with van der Waals surface area (Å²) < 4.78 is 10.7. The van der Waals surface area contributed by atoms with Gasteiger partial charge in [-0.05, 0) is 36.4 Å². The van der Waals surface area contributed by atoms with Crippen LogP contribution in [0, 0.1) is 0 Å². The predicted molar refractivity (Wildman–Crippen MR) is 94.1 cm³/mol. The number of amides is 1. The van der Waals surface area contributed by atoms with Crippen molar-refractivity contribution in [1.82, 2.24) is 10.3 Å². The fourth-order valence-corrected chi connectivity index (χ4v) is 2.53. The van der Waals surface area contributed by atoms with E-state index in [4.69, 9.17) is 21.1 Å². The maximum atomic E-state index is 12.2. The highest BCUT2D eigenvalue weighted by Gasteiger charge is 2.09.